The van der Waals surface area contributed by atoms with Crippen LogP contribution < -0.4 is 10.7 Å². The molecule has 8 nitrogen and oxygen atoms in total. The molecule has 1 amide bonds. The zero-order chi connectivity index (χ0) is 20.5. The number of pyridine rings is 2. The number of aryl methyl sites for hydroxylation is 2. The van der Waals surface area contributed by atoms with Crippen LogP contribution in [-0.2, 0) is 4.74 Å². The number of aromatic nitrogens is 4. The van der Waals surface area contributed by atoms with Gasteiger partial charge in [-0.25, -0.2) is 9.97 Å². The lowest BCUT2D eigenvalue weighted by atomic mass is 10.1. The summed E-state index contributed by atoms with van der Waals surface area (Å²) in [4.78, 5) is 33.7. The van der Waals surface area contributed by atoms with Crippen molar-refractivity contribution in [2.45, 2.75) is 32.7 Å². The highest BCUT2D eigenvalue weighted by atomic mass is 19.1. The lowest BCUT2D eigenvalue weighted by Crippen LogP contribution is -2.31. The maximum absolute atomic E-state index is 13.3. The second-order valence-electron chi connectivity index (χ2n) is 7.05. The van der Waals surface area contributed by atoms with E-state index >= 15 is 0 Å². The fourth-order valence-electron chi connectivity index (χ4n) is 3.38. The summed E-state index contributed by atoms with van der Waals surface area (Å²) >= 11 is 0. The predicted octanol–water partition coefficient (Wildman–Crippen LogP) is 2.55. The first-order valence-corrected chi connectivity index (χ1v) is 9.35. The Morgan fingerprint density at radius 1 is 1.28 bits per heavy atom. The van der Waals surface area contributed by atoms with E-state index in [1.165, 1.54) is 12.3 Å². The number of carbonyl (C=O) groups excluding carboxylic acids is 1. The van der Waals surface area contributed by atoms with E-state index in [2.05, 4.69) is 20.4 Å². The van der Waals surface area contributed by atoms with E-state index in [4.69, 9.17) is 4.74 Å². The molecular formula is C20H20FN5O3. The molecule has 0 saturated carbocycles. The average Bonchev–Trinajstić information content (AvgIpc) is 2.70. The first kappa shape index (κ1) is 19.1. The Hall–Kier alpha value is -3.20. The number of nitrogens with one attached hydrogen (secondary N) is 1. The lowest BCUT2D eigenvalue weighted by Gasteiger charge is -2.25. The molecule has 0 spiro atoms. The quantitative estimate of drug-likeness (QED) is 0.682. The van der Waals surface area contributed by atoms with Crippen molar-refractivity contribution >= 4 is 22.6 Å². The predicted molar refractivity (Wildman–Crippen MR) is 105 cm³/mol. The second kappa shape index (κ2) is 7.67. The molecule has 3 aromatic rings. The molecule has 0 unspecified atom stereocenters. The number of anilines is 1. The number of halogens is 1. The summed E-state index contributed by atoms with van der Waals surface area (Å²) in [6, 6.07) is 4.37. The van der Waals surface area contributed by atoms with Gasteiger partial charge in [-0.3, -0.25) is 14.3 Å². The maximum atomic E-state index is 13.3. The zero-order valence-corrected chi connectivity index (χ0v) is 16.1. The van der Waals surface area contributed by atoms with Crippen LogP contribution in [0.25, 0.3) is 11.0 Å². The summed E-state index contributed by atoms with van der Waals surface area (Å²) in [5.74, 6) is -1.45. The molecule has 0 aromatic carbocycles. The van der Waals surface area contributed by atoms with E-state index in [-0.39, 0.29) is 22.9 Å². The van der Waals surface area contributed by atoms with Crippen LogP contribution in [0.5, 0.6) is 0 Å². The zero-order valence-electron chi connectivity index (χ0n) is 16.1. The van der Waals surface area contributed by atoms with Gasteiger partial charge in [0.05, 0.1) is 11.6 Å². The van der Waals surface area contributed by atoms with Gasteiger partial charge in [0.1, 0.15) is 5.52 Å². The van der Waals surface area contributed by atoms with Crippen LogP contribution >= 0.6 is 0 Å². The second-order valence-corrected chi connectivity index (χ2v) is 7.05. The standard InChI is InChI=1S/C20H20FN5O3/c1-11-9-15-17(23-12(11)2)19(27)18(25-26(15)14-4-7-29-8-5-14)20(28)24-13-3-6-22-16(21)10-13/h3,6,9-10,14H,4-5,7-8H2,1-2H3,(H,22,24,28). The highest BCUT2D eigenvalue weighted by Gasteiger charge is 2.24. The van der Waals surface area contributed by atoms with Gasteiger partial charge in [-0.1, -0.05) is 0 Å². The van der Waals surface area contributed by atoms with E-state index in [0.717, 1.165) is 11.6 Å². The third kappa shape index (κ3) is 3.73. The highest BCUT2D eigenvalue weighted by Crippen LogP contribution is 2.24. The summed E-state index contributed by atoms with van der Waals surface area (Å²) in [6.07, 6.45) is 2.66. The summed E-state index contributed by atoms with van der Waals surface area (Å²) in [7, 11) is 0. The van der Waals surface area contributed by atoms with Crippen LogP contribution in [0.4, 0.5) is 10.1 Å². The first-order chi connectivity index (χ1) is 13.9. The van der Waals surface area contributed by atoms with Crippen LogP contribution in [0.1, 0.15) is 40.6 Å². The molecule has 1 N–H and O–H groups in total. The van der Waals surface area contributed by atoms with E-state index in [0.29, 0.717) is 37.3 Å². The summed E-state index contributed by atoms with van der Waals surface area (Å²) in [6.45, 7) is 4.89. The van der Waals surface area contributed by atoms with Crippen LogP contribution in [0, 0.1) is 19.8 Å². The van der Waals surface area contributed by atoms with Gasteiger partial charge in [0.2, 0.25) is 11.4 Å². The smallest absolute Gasteiger partial charge is 0.280 e. The Morgan fingerprint density at radius 3 is 2.76 bits per heavy atom. The number of ether oxygens (including phenoxy) is 1. The monoisotopic (exact) mass is 397 g/mol. The molecule has 29 heavy (non-hydrogen) atoms. The molecule has 4 rings (SSSR count). The minimum Gasteiger partial charge on any atom is -0.381 e. The van der Waals surface area contributed by atoms with Crippen molar-refractivity contribution in [3.63, 3.8) is 0 Å². The molecule has 150 valence electrons. The molecule has 9 heteroatoms. The molecule has 1 saturated heterocycles. The van der Waals surface area contributed by atoms with Crippen molar-refractivity contribution in [2.75, 3.05) is 18.5 Å². The minimum atomic E-state index is -0.735. The van der Waals surface area contributed by atoms with Crippen molar-refractivity contribution < 1.29 is 13.9 Å². The molecular weight excluding hydrogens is 377 g/mol. The van der Waals surface area contributed by atoms with Crippen LogP contribution in [-0.4, -0.2) is 38.9 Å². The number of hydrogen-bond acceptors (Lipinski definition) is 6. The topological polar surface area (TPSA) is 99.0 Å². The number of nitrogens with zero attached hydrogens (tertiary/aromatic N) is 4. The lowest BCUT2D eigenvalue weighted by molar-refractivity contribution is 0.0669. The van der Waals surface area contributed by atoms with E-state index in [1.807, 2.05) is 19.9 Å². The van der Waals surface area contributed by atoms with Crippen molar-refractivity contribution in [3.8, 4) is 0 Å². The minimum absolute atomic E-state index is 0.0133. The van der Waals surface area contributed by atoms with Gasteiger partial charge in [0, 0.05) is 36.9 Å². The number of fused-ring (bicyclic) bond motifs is 1. The molecule has 1 fully saturated rings. The van der Waals surface area contributed by atoms with Crippen molar-refractivity contribution in [2.24, 2.45) is 0 Å². The Kier molecular flexibility index (Phi) is 5.06. The number of carbonyl (C=O) groups is 1. The van der Waals surface area contributed by atoms with Crippen LogP contribution in [0.15, 0.2) is 29.2 Å². The molecule has 3 aromatic heterocycles. The number of amides is 1. The summed E-state index contributed by atoms with van der Waals surface area (Å²) in [5, 5.41) is 6.91. The largest absolute Gasteiger partial charge is 0.381 e. The third-order valence-electron chi connectivity index (χ3n) is 5.07. The summed E-state index contributed by atoms with van der Waals surface area (Å²) in [5.41, 5.74) is 1.79. The van der Waals surface area contributed by atoms with Crippen LogP contribution in [0.2, 0.25) is 0 Å². The molecule has 0 radical (unpaired) electrons. The highest BCUT2D eigenvalue weighted by molar-refractivity contribution is 6.04. The third-order valence-corrected chi connectivity index (χ3v) is 5.07. The van der Waals surface area contributed by atoms with Gasteiger partial charge in [0.15, 0.2) is 5.69 Å². The first-order valence-electron chi connectivity index (χ1n) is 9.35. The SMILES string of the molecule is Cc1cc2c(nc1C)c(=O)c(C(=O)Nc1ccnc(F)c1)nn2C1CCOCC1. The van der Waals surface area contributed by atoms with Crippen LogP contribution in [0.3, 0.4) is 0 Å². The normalized spacial score (nSPS) is 14.9. The Morgan fingerprint density at radius 2 is 2.03 bits per heavy atom. The van der Waals surface area contributed by atoms with Crippen molar-refractivity contribution in [3.05, 3.63) is 57.5 Å². The van der Waals surface area contributed by atoms with Crippen molar-refractivity contribution in [1.29, 1.82) is 0 Å². The Labute approximate surface area is 165 Å². The van der Waals surface area contributed by atoms with E-state index in [9.17, 15) is 14.0 Å². The molecule has 4 heterocycles. The fourth-order valence-corrected chi connectivity index (χ4v) is 3.38. The summed E-state index contributed by atoms with van der Waals surface area (Å²) < 4.78 is 20.5. The van der Waals surface area contributed by atoms with Gasteiger partial charge < -0.3 is 10.1 Å². The van der Waals surface area contributed by atoms with E-state index in [1.54, 1.807) is 4.68 Å². The fraction of sp³-hybridized carbons (Fsp3) is 0.350. The number of rotatable bonds is 3. The van der Waals surface area contributed by atoms with Gasteiger partial charge in [0.25, 0.3) is 5.91 Å². The molecule has 0 atom stereocenters. The van der Waals surface area contributed by atoms with Gasteiger partial charge in [-0.05, 0) is 44.4 Å². The molecule has 0 bridgehead atoms. The van der Waals surface area contributed by atoms with E-state index < -0.39 is 17.3 Å². The molecule has 1 aliphatic rings. The maximum Gasteiger partial charge on any atom is 0.280 e. The molecule has 1 aliphatic heterocycles. The van der Waals surface area contributed by atoms with Gasteiger partial charge >= 0.3 is 0 Å². The van der Waals surface area contributed by atoms with Crippen molar-refractivity contribution in [1.82, 2.24) is 19.7 Å². The Balaban J connectivity index is 1.85. The number of hydrogen-bond donors (Lipinski definition) is 1. The molecule has 0 aliphatic carbocycles. The van der Waals surface area contributed by atoms with Gasteiger partial charge in [-0.15, -0.1) is 0 Å². The van der Waals surface area contributed by atoms with Gasteiger partial charge in [-0.2, -0.15) is 9.49 Å². The Bertz CT molecular complexity index is 1150. The average molecular weight is 397 g/mol.